The van der Waals surface area contributed by atoms with Crippen molar-refractivity contribution in [2.75, 3.05) is 14.2 Å². The molecule has 0 atom stereocenters. The predicted octanol–water partition coefficient (Wildman–Crippen LogP) is 1.69. The fraction of sp³-hybridized carbons (Fsp3) is 0.125. The Bertz CT molecular complexity index is 804. The average molecular weight is 345 g/mol. The van der Waals surface area contributed by atoms with E-state index in [1.165, 1.54) is 50.6 Å². The summed E-state index contributed by atoms with van der Waals surface area (Å²) < 4.78 is 10.2. The second kappa shape index (κ2) is 7.77. The summed E-state index contributed by atoms with van der Waals surface area (Å²) in [4.78, 5) is 34.0. The van der Waals surface area contributed by atoms with Gasteiger partial charge in [-0.1, -0.05) is 0 Å². The fourth-order valence-corrected chi connectivity index (χ4v) is 1.97. The number of benzene rings is 2. The molecule has 0 radical (unpaired) electrons. The highest BCUT2D eigenvalue weighted by molar-refractivity contribution is 5.99. The SMILES string of the molecule is COc1ccc(C(=O)NNC(=O)c2ccc([N+](=O)[O-])cc2)cc1OC. The lowest BCUT2D eigenvalue weighted by atomic mass is 10.2. The van der Waals surface area contributed by atoms with Gasteiger partial charge in [0.1, 0.15) is 0 Å². The predicted molar refractivity (Wildman–Crippen MR) is 87.6 cm³/mol. The summed E-state index contributed by atoms with van der Waals surface area (Å²) in [6.45, 7) is 0. The van der Waals surface area contributed by atoms with Gasteiger partial charge >= 0.3 is 0 Å². The van der Waals surface area contributed by atoms with E-state index in [4.69, 9.17) is 9.47 Å². The largest absolute Gasteiger partial charge is 0.493 e. The lowest BCUT2D eigenvalue weighted by molar-refractivity contribution is -0.384. The molecule has 0 unspecified atom stereocenters. The summed E-state index contributed by atoms with van der Waals surface area (Å²) in [6.07, 6.45) is 0. The number of nitro groups is 1. The number of hydrazine groups is 1. The molecule has 2 rings (SSSR count). The number of non-ortho nitro benzene ring substituents is 1. The number of nitrogens with zero attached hydrogens (tertiary/aromatic N) is 1. The maximum atomic E-state index is 12.1. The van der Waals surface area contributed by atoms with Gasteiger partial charge in [0.25, 0.3) is 17.5 Å². The van der Waals surface area contributed by atoms with Crippen LogP contribution in [0.1, 0.15) is 20.7 Å². The molecule has 0 bridgehead atoms. The van der Waals surface area contributed by atoms with E-state index in [0.29, 0.717) is 11.5 Å². The molecule has 0 spiro atoms. The number of carbonyl (C=O) groups is 2. The van der Waals surface area contributed by atoms with Crippen molar-refractivity contribution in [1.29, 1.82) is 0 Å². The molecule has 0 aliphatic carbocycles. The van der Waals surface area contributed by atoms with E-state index in [9.17, 15) is 19.7 Å². The second-order valence-corrected chi connectivity index (χ2v) is 4.78. The van der Waals surface area contributed by atoms with E-state index in [2.05, 4.69) is 10.9 Å². The monoisotopic (exact) mass is 345 g/mol. The number of hydrogen-bond acceptors (Lipinski definition) is 6. The molecule has 130 valence electrons. The van der Waals surface area contributed by atoms with Crippen molar-refractivity contribution in [2.24, 2.45) is 0 Å². The number of rotatable bonds is 5. The van der Waals surface area contributed by atoms with Gasteiger partial charge in [0.15, 0.2) is 11.5 Å². The number of nitro benzene ring substituents is 1. The van der Waals surface area contributed by atoms with Crippen LogP contribution in [0.15, 0.2) is 42.5 Å². The molecule has 0 aliphatic rings. The van der Waals surface area contributed by atoms with Crippen LogP contribution in [0.2, 0.25) is 0 Å². The van der Waals surface area contributed by atoms with Crippen LogP contribution < -0.4 is 20.3 Å². The topological polar surface area (TPSA) is 120 Å². The first-order chi connectivity index (χ1) is 12.0. The Morgan fingerprint density at radius 1 is 0.880 bits per heavy atom. The number of nitrogens with one attached hydrogen (secondary N) is 2. The first-order valence-electron chi connectivity index (χ1n) is 7.03. The molecular formula is C16H15N3O6. The minimum atomic E-state index is -0.608. The van der Waals surface area contributed by atoms with Crippen LogP contribution in [0.3, 0.4) is 0 Å². The minimum Gasteiger partial charge on any atom is -0.493 e. The van der Waals surface area contributed by atoms with Crippen molar-refractivity contribution in [2.45, 2.75) is 0 Å². The van der Waals surface area contributed by atoms with Crippen LogP contribution in [0, 0.1) is 10.1 Å². The van der Waals surface area contributed by atoms with Gasteiger partial charge in [0.05, 0.1) is 19.1 Å². The fourth-order valence-electron chi connectivity index (χ4n) is 1.97. The van der Waals surface area contributed by atoms with Gasteiger partial charge in [-0.3, -0.25) is 30.6 Å². The van der Waals surface area contributed by atoms with Crippen molar-refractivity contribution in [1.82, 2.24) is 10.9 Å². The highest BCUT2D eigenvalue weighted by Crippen LogP contribution is 2.27. The summed E-state index contributed by atoms with van der Waals surface area (Å²) >= 11 is 0. The van der Waals surface area contributed by atoms with E-state index in [1.807, 2.05) is 0 Å². The quantitative estimate of drug-likeness (QED) is 0.628. The number of ether oxygens (including phenoxy) is 2. The zero-order chi connectivity index (χ0) is 18.4. The molecule has 0 heterocycles. The third-order valence-electron chi connectivity index (χ3n) is 3.28. The van der Waals surface area contributed by atoms with Crippen molar-refractivity contribution >= 4 is 17.5 Å². The van der Waals surface area contributed by atoms with E-state index < -0.39 is 16.7 Å². The van der Waals surface area contributed by atoms with Crippen LogP contribution in [0.5, 0.6) is 11.5 Å². The molecule has 25 heavy (non-hydrogen) atoms. The van der Waals surface area contributed by atoms with E-state index >= 15 is 0 Å². The Morgan fingerprint density at radius 2 is 1.40 bits per heavy atom. The molecule has 2 N–H and O–H groups in total. The Morgan fingerprint density at radius 3 is 1.92 bits per heavy atom. The molecule has 0 saturated heterocycles. The Kier molecular flexibility index (Phi) is 5.51. The lowest BCUT2D eigenvalue weighted by Gasteiger charge is -2.10. The van der Waals surface area contributed by atoms with Crippen molar-refractivity contribution in [3.05, 3.63) is 63.7 Å². The van der Waals surface area contributed by atoms with Gasteiger partial charge in [-0.2, -0.15) is 0 Å². The van der Waals surface area contributed by atoms with Gasteiger partial charge in [-0.25, -0.2) is 0 Å². The standard InChI is InChI=1S/C16H15N3O6/c1-24-13-8-5-11(9-14(13)25-2)16(21)18-17-15(20)10-3-6-12(7-4-10)19(22)23/h3-9H,1-2H3,(H,17,20)(H,18,21). The lowest BCUT2D eigenvalue weighted by Crippen LogP contribution is -2.41. The van der Waals surface area contributed by atoms with Crippen molar-refractivity contribution in [3.8, 4) is 11.5 Å². The van der Waals surface area contributed by atoms with Gasteiger partial charge in [0, 0.05) is 23.3 Å². The number of hydrogen-bond donors (Lipinski definition) is 2. The summed E-state index contributed by atoms with van der Waals surface area (Å²) in [5.41, 5.74) is 4.77. The Hall–Kier alpha value is -3.62. The zero-order valence-corrected chi connectivity index (χ0v) is 13.4. The van der Waals surface area contributed by atoms with E-state index in [0.717, 1.165) is 0 Å². The smallest absolute Gasteiger partial charge is 0.269 e. The van der Waals surface area contributed by atoms with Crippen LogP contribution in [-0.4, -0.2) is 31.0 Å². The average Bonchev–Trinajstić information content (AvgIpc) is 2.65. The third-order valence-corrected chi connectivity index (χ3v) is 3.28. The highest BCUT2D eigenvalue weighted by atomic mass is 16.6. The third kappa shape index (κ3) is 4.22. The molecule has 0 fully saturated rings. The van der Waals surface area contributed by atoms with E-state index in [1.54, 1.807) is 6.07 Å². The first-order valence-corrected chi connectivity index (χ1v) is 7.03. The van der Waals surface area contributed by atoms with Gasteiger partial charge in [0.2, 0.25) is 0 Å². The molecule has 2 aromatic carbocycles. The Labute approximate surface area is 142 Å². The minimum absolute atomic E-state index is 0.133. The molecule has 2 aromatic rings. The molecule has 2 amide bonds. The molecule has 0 saturated carbocycles. The number of methoxy groups -OCH3 is 2. The summed E-state index contributed by atoms with van der Waals surface area (Å²) in [5.74, 6) is -0.328. The molecule has 0 aliphatic heterocycles. The maximum Gasteiger partial charge on any atom is 0.269 e. The van der Waals surface area contributed by atoms with Crippen molar-refractivity contribution in [3.63, 3.8) is 0 Å². The molecule has 0 aromatic heterocycles. The summed E-state index contributed by atoms with van der Waals surface area (Å²) in [7, 11) is 2.91. The zero-order valence-electron chi connectivity index (χ0n) is 13.4. The number of carbonyl (C=O) groups excluding carboxylic acids is 2. The normalized spacial score (nSPS) is 9.84. The molecule has 9 heteroatoms. The van der Waals surface area contributed by atoms with Crippen LogP contribution in [0.25, 0.3) is 0 Å². The molecular weight excluding hydrogens is 330 g/mol. The highest BCUT2D eigenvalue weighted by Gasteiger charge is 2.13. The van der Waals surface area contributed by atoms with Crippen molar-refractivity contribution < 1.29 is 24.0 Å². The molecule has 9 nitrogen and oxygen atoms in total. The van der Waals surface area contributed by atoms with E-state index in [-0.39, 0.29) is 16.8 Å². The Balaban J connectivity index is 2.01. The van der Waals surface area contributed by atoms with Gasteiger partial charge in [-0.15, -0.1) is 0 Å². The van der Waals surface area contributed by atoms with Gasteiger partial charge in [-0.05, 0) is 30.3 Å². The number of amides is 2. The van der Waals surface area contributed by atoms with Crippen LogP contribution in [0.4, 0.5) is 5.69 Å². The maximum absolute atomic E-state index is 12.1. The van der Waals surface area contributed by atoms with Gasteiger partial charge < -0.3 is 9.47 Å². The van der Waals surface area contributed by atoms with Crippen LogP contribution in [-0.2, 0) is 0 Å². The van der Waals surface area contributed by atoms with Crippen LogP contribution >= 0.6 is 0 Å². The first kappa shape index (κ1) is 17.7. The second-order valence-electron chi connectivity index (χ2n) is 4.78. The summed E-state index contributed by atoms with van der Waals surface area (Å²) in [6, 6.07) is 9.51. The summed E-state index contributed by atoms with van der Waals surface area (Å²) in [5, 5.41) is 10.6.